The second kappa shape index (κ2) is 9.27. The molecule has 7 nitrogen and oxygen atoms in total. The SMILES string of the molecule is CNC(=O)C(OCc1ccccc1)C1(OCc2ccccc2)OCC(O)[C@@H]1O. The van der Waals surface area contributed by atoms with Gasteiger partial charge in [-0.3, -0.25) is 4.79 Å². The summed E-state index contributed by atoms with van der Waals surface area (Å²) in [4.78, 5) is 12.6. The summed E-state index contributed by atoms with van der Waals surface area (Å²) in [7, 11) is 1.46. The molecule has 0 spiro atoms. The van der Waals surface area contributed by atoms with Crippen LogP contribution in [0.2, 0.25) is 0 Å². The van der Waals surface area contributed by atoms with E-state index in [1.54, 1.807) is 0 Å². The van der Waals surface area contributed by atoms with Gasteiger partial charge in [-0.05, 0) is 11.1 Å². The number of hydrogen-bond donors (Lipinski definition) is 3. The van der Waals surface area contributed by atoms with Crippen LogP contribution >= 0.6 is 0 Å². The van der Waals surface area contributed by atoms with Gasteiger partial charge in [-0.2, -0.15) is 0 Å². The van der Waals surface area contributed by atoms with Crippen molar-refractivity contribution in [1.29, 1.82) is 0 Å². The van der Waals surface area contributed by atoms with Crippen molar-refractivity contribution in [2.24, 2.45) is 0 Å². The Morgan fingerprint density at radius 1 is 1.11 bits per heavy atom. The summed E-state index contributed by atoms with van der Waals surface area (Å²) in [5.41, 5.74) is 1.68. The van der Waals surface area contributed by atoms with Crippen LogP contribution in [0.4, 0.5) is 0 Å². The van der Waals surface area contributed by atoms with Crippen LogP contribution in [0.3, 0.4) is 0 Å². The largest absolute Gasteiger partial charge is 0.388 e. The summed E-state index contributed by atoms with van der Waals surface area (Å²) < 4.78 is 17.4. The molecule has 3 rings (SSSR count). The van der Waals surface area contributed by atoms with Gasteiger partial charge in [0.15, 0.2) is 6.10 Å². The van der Waals surface area contributed by atoms with Crippen LogP contribution in [0, 0.1) is 0 Å². The Balaban J connectivity index is 1.84. The lowest BCUT2D eigenvalue weighted by Crippen LogP contribution is -2.60. The summed E-state index contributed by atoms with van der Waals surface area (Å²) in [5, 5.41) is 23.2. The molecular formula is C21H25NO6. The highest BCUT2D eigenvalue weighted by Crippen LogP contribution is 2.35. The topological polar surface area (TPSA) is 97.3 Å². The molecule has 1 saturated heterocycles. The number of aliphatic hydroxyl groups excluding tert-OH is 2. The number of nitrogens with one attached hydrogen (secondary N) is 1. The van der Waals surface area contributed by atoms with Crippen LogP contribution in [0.15, 0.2) is 60.7 Å². The first kappa shape index (κ1) is 20.4. The quantitative estimate of drug-likeness (QED) is 0.625. The van der Waals surface area contributed by atoms with E-state index in [-0.39, 0.29) is 19.8 Å². The van der Waals surface area contributed by atoms with Crippen molar-refractivity contribution in [1.82, 2.24) is 5.32 Å². The molecule has 1 fully saturated rings. The molecule has 2 aromatic rings. The van der Waals surface area contributed by atoms with Gasteiger partial charge >= 0.3 is 0 Å². The summed E-state index contributed by atoms with van der Waals surface area (Å²) in [6.45, 7) is 0.0203. The Hall–Kier alpha value is -2.29. The Labute approximate surface area is 163 Å². The van der Waals surface area contributed by atoms with E-state index in [1.165, 1.54) is 7.05 Å². The third-order valence-corrected chi connectivity index (χ3v) is 4.67. The van der Waals surface area contributed by atoms with Gasteiger partial charge in [-0.1, -0.05) is 60.7 Å². The Bertz CT molecular complexity index is 756. The van der Waals surface area contributed by atoms with Crippen LogP contribution < -0.4 is 5.32 Å². The lowest BCUT2D eigenvalue weighted by atomic mass is 10.00. The molecule has 28 heavy (non-hydrogen) atoms. The zero-order valence-electron chi connectivity index (χ0n) is 15.7. The second-order valence-electron chi connectivity index (χ2n) is 6.61. The van der Waals surface area contributed by atoms with Crippen molar-refractivity contribution in [3.05, 3.63) is 71.8 Å². The second-order valence-corrected chi connectivity index (χ2v) is 6.61. The first-order valence-corrected chi connectivity index (χ1v) is 9.12. The minimum Gasteiger partial charge on any atom is -0.388 e. The minimum atomic E-state index is -1.83. The maximum atomic E-state index is 12.6. The summed E-state index contributed by atoms with van der Waals surface area (Å²) in [6.07, 6.45) is -3.92. The summed E-state index contributed by atoms with van der Waals surface area (Å²) in [6, 6.07) is 18.6. The molecule has 0 radical (unpaired) electrons. The molecule has 1 heterocycles. The molecule has 1 amide bonds. The van der Waals surface area contributed by atoms with Gasteiger partial charge in [0, 0.05) is 7.05 Å². The van der Waals surface area contributed by atoms with E-state index in [0.717, 1.165) is 11.1 Å². The van der Waals surface area contributed by atoms with Crippen molar-refractivity contribution in [2.75, 3.05) is 13.7 Å². The van der Waals surface area contributed by atoms with Gasteiger partial charge in [-0.25, -0.2) is 0 Å². The standard InChI is InChI=1S/C21H25NO6/c1-22-20(25)19(26-12-15-8-4-2-5-9-15)21(18(24)17(23)14-28-21)27-13-16-10-6-3-7-11-16/h2-11,17-19,23-24H,12-14H2,1H3,(H,22,25)/t17?,18-,19?,21?/m0/s1. The molecule has 4 atom stereocenters. The maximum absolute atomic E-state index is 12.6. The number of likely N-dealkylation sites (N-methyl/N-ethyl adjacent to an activating group) is 1. The van der Waals surface area contributed by atoms with Gasteiger partial charge in [0.2, 0.25) is 5.79 Å². The molecule has 1 aliphatic rings. The summed E-state index contributed by atoms with van der Waals surface area (Å²) in [5.74, 6) is -2.35. The third kappa shape index (κ3) is 4.40. The smallest absolute Gasteiger partial charge is 0.254 e. The lowest BCUT2D eigenvalue weighted by molar-refractivity contribution is -0.300. The van der Waals surface area contributed by atoms with Gasteiger partial charge in [0.1, 0.15) is 12.2 Å². The normalized spacial score (nSPS) is 25.4. The fourth-order valence-electron chi connectivity index (χ4n) is 3.12. The number of carbonyl (C=O) groups excluding carboxylic acids is 1. The van der Waals surface area contributed by atoms with E-state index < -0.39 is 30.0 Å². The number of amides is 1. The van der Waals surface area contributed by atoms with E-state index in [2.05, 4.69) is 5.32 Å². The highest BCUT2D eigenvalue weighted by molar-refractivity contribution is 5.81. The number of carbonyl (C=O) groups is 1. The third-order valence-electron chi connectivity index (χ3n) is 4.67. The Kier molecular flexibility index (Phi) is 6.77. The molecule has 0 saturated carbocycles. The predicted molar refractivity (Wildman–Crippen MR) is 101 cm³/mol. The first-order chi connectivity index (χ1) is 13.6. The van der Waals surface area contributed by atoms with Gasteiger partial charge in [-0.15, -0.1) is 0 Å². The Morgan fingerprint density at radius 2 is 1.68 bits per heavy atom. The monoisotopic (exact) mass is 387 g/mol. The van der Waals surface area contributed by atoms with Crippen LogP contribution in [0.1, 0.15) is 11.1 Å². The maximum Gasteiger partial charge on any atom is 0.254 e. The van der Waals surface area contributed by atoms with E-state index >= 15 is 0 Å². The molecule has 3 unspecified atom stereocenters. The molecule has 7 heteroatoms. The molecule has 0 bridgehead atoms. The number of rotatable bonds is 8. The van der Waals surface area contributed by atoms with Gasteiger partial charge in [0.05, 0.1) is 19.8 Å². The molecule has 0 aromatic heterocycles. The number of ether oxygens (including phenoxy) is 3. The predicted octanol–water partition coefficient (Wildman–Crippen LogP) is 0.983. The zero-order valence-corrected chi connectivity index (χ0v) is 15.7. The number of aliphatic hydroxyl groups is 2. The van der Waals surface area contributed by atoms with Crippen LogP contribution in [0.5, 0.6) is 0 Å². The molecule has 0 aliphatic carbocycles. The fourth-order valence-corrected chi connectivity index (χ4v) is 3.12. The Morgan fingerprint density at radius 3 is 2.18 bits per heavy atom. The van der Waals surface area contributed by atoms with E-state index in [0.29, 0.717) is 0 Å². The van der Waals surface area contributed by atoms with Crippen molar-refractivity contribution < 1.29 is 29.2 Å². The average Bonchev–Trinajstić information content (AvgIpc) is 3.03. The van der Waals surface area contributed by atoms with Gasteiger partial charge < -0.3 is 29.7 Å². The highest BCUT2D eigenvalue weighted by atomic mass is 16.7. The molecule has 150 valence electrons. The molecule has 2 aromatic carbocycles. The lowest BCUT2D eigenvalue weighted by Gasteiger charge is -2.37. The molecular weight excluding hydrogens is 362 g/mol. The average molecular weight is 387 g/mol. The molecule has 1 aliphatic heterocycles. The molecule has 3 N–H and O–H groups in total. The van der Waals surface area contributed by atoms with Crippen molar-refractivity contribution in [3.63, 3.8) is 0 Å². The summed E-state index contributed by atoms with van der Waals surface area (Å²) >= 11 is 0. The zero-order chi connectivity index (χ0) is 20.0. The van der Waals surface area contributed by atoms with Crippen molar-refractivity contribution in [2.45, 2.75) is 37.3 Å². The first-order valence-electron chi connectivity index (χ1n) is 9.12. The highest BCUT2D eigenvalue weighted by Gasteiger charge is 2.58. The van der Waals surface area contributed by atoms with E-state index in [1.807, 2.05) is 60.7 Å². The number of hydrogen-bond acceptors (Lipinski definition) is 6. The number of benzene rings is 2. The van der Waals surface area contributed by atoms with Crippen LogP contribution in [-0.2, 0) is 32.2 Å². The fraction of sp³-hybridized carbons (Fsp3) is 0.381. The van der Waals surface area contributed by atoms with E-state index in [9.17, 15) is 15.0 Å². The van der Waals surface area contributed by atoms with Crippen LogP contribution in [0.25, 0.3) is 0 Å². The van der Waals surface area contributed by atoms with Gasteiger partial charge in [0.25, 0.3) is 5.91 Å². The van der Waals surface area contributed by atoms with Crippen molar-refractivity contribution >= 4 is 5.91 Å². The van der Waals surface area contributed by atoms with Crippen molar-refractivity contribution in [3.8, 4) is 0 Å². The van der Waals surface area contributed by atoms with Crippen LogP contribution in [-0.4, -0.2) is 53.9 Å². The van der Waals surface area contributed by atoms with E-state index in [4.69, 9.17) is 14.2 Å². The minimum absolute atomic E-state index is 0.0762.